The number of aldehydes is 1. The summed E-state index contributed by atoms with van der Waals surface area (Å²) in [5.41, 5.74) is 1.04. The van der Waals surface area contributed by atoms with Crippen molar-refractivity contribution in [1.29, 1.82) is 0 Å². The zero-order chi connectivity index (χ0) is 13.0. The third kappa shape index (κ3) is 3.07. The van der Waals surface area contributed by atoms with Gasteiger partial charge in [-0.2, -0.15) is 0 Å². The molecule has 0 spiro atoms. The van der Waals surface area contributed by atoms with Crippen molar-refractivity contribution in [2.75, 3.05) is 0 Å². The average Bonchev–Trinajstić information content (AvgIpc) is 2.41. The van der Waals surface area contributed by atoms with Gasteiger partial charge in [-0.15, -0.1) is 0 Å². The second kappa shape index (κ2) is 5.95. The van der Waals surface area contributed by atoms with Gasteiger partial charge >= 0.3 is 0 Å². The molecule has 0 saturated heterocycles. The van der Waals surface area contributed by atoms with Crippen LogP contribution in [0.3, 0.4) is 0 Å². The lowest BCUT2D eigenvalue weighted by molar-refractivity contribution is 0.111. The van der Waals surface area contributed by atoms with E-state index >= 15 is 0 Å². The molecule has 0 amide bonds. The Labute approximate surface area is 118 Å². The van der Waals surface area contributed by atoms with Crippen molar-refractivity contribution < 1.29 is 13.9 Å². The largest absolute Gasteiger partial charge is 0.489 e. The quantitative estimate of drug-likeness (QED) is 0.615. The molecule has 2 rings (SSSR count). The van der Waals surface area contributed by atoms with Crippen LogP contribution in [0.25, 0.3) is 0 Å². The second-order valence-electron chi connectivity index (χ2n) is 3.70. The molecule has 0 bridgehead atoms. The fourth-order valence-corrected chi connectivity index (χ4v) is 2.11. The second-order valence-corrected chi connectivity index (χ2v) is 4.86. The summed E-state index contributed by atoms with van der Waals surface area (Å²) in [4.78, 5) is 10.7. The fraction of sp³-hybridized carbons (Fsp3) is 0.0714. The van der Waals surface area contributed by atoms with Crippen molar-refractivity contribution in [2.24, 2.45) is 0 Å². The first-order valence-electron chi connectivity index (χ1n) is 5.31. The van der Waals surface area contributed by atoms with Gasteiger partial charge in [0.2, 0.25) is 0 Å². The van der Waals surface area contributed by atoms with E-state index in [1.54, 1.807) is 6.07 Å². The molecular formula is C14H10FIO2. The minimum absolute atomic E-state index is 0.0185. The van der Waals surface area contributed by atoms with Gasteiger partial charge in [0.15, 0.2) is 6.29 Å². The molecular weight excluding hydrogens is 346 g/mol. The molecule has 0 aliphatic carbocycles. The van der Waals surface area contributed by atoms with Crippen LogP contribution in [-0.4, -0.2) is 6.29 Å². The predicted octanol–water partition coefficient (Wildman–Crippen LogP) is 3.82. The summed E-state index contributed by atoms with van der Waals surface area (Å²) in [5, 5.41) is 0. The Morgan fingerprint density at radius 3 is 2.61 bits per heavy atom. The SMILES string of the molecule is O=Cc1cc(OCc2ccccc2)cc(I)c1F. The zero-order valence-corrected chi connectivity index (χ0v) is 11.6. The molecule has 92 valence electrons. The van der Waals surface area contributed by atoms with E-state index in [9.17, 15) is 9.18 Å². The Morgan fingerprint density at radius 2 is 1.94 bits per heavy atom. The van der Waals surface area contributed by atoms with Crippen molar-refractivity contribution in [2.45, 2.75) is 6.61 Å². The van der Waals surface area contributed by atoms with Crippen LogP contribution >= 0.6 is 22.6 Å². The average molecular weight is 356 g/mol. The molecule has 0 aliphatic heterocycles. The summed E-state index contributed by atoms with van der Waals surface area (Å²) in [6, 6.07) is 12.6. The fourth-order valence-electron chi connectivity index (χ4n) is 1.49. The highest BCUT2D eigenvalue weighted by Gasteiger charge is 2.09. The zero-order valence-electron chi connectivity index (χ0n) is 9.40. The molecule has 0 saturated carbocycles. The van der Waals surface area contributed by atoms with Crippen molar-refractivity contribution in [3.8, 4) is 5.75 Å². The van der Waals surface area contributed by atoms with E-state index in [0.717, 1.165) is 5.56 Å². The highest BCUT2D eigenvalue weighted by atomic mass is 127. The van der Waals surface area contributed by atoms with E-state index in [1.807, 2.05) is 52.9 Å². The third-order valence-electron chi connectivity index (χ3n) is 2.41. The normalized spacial score (nSPS) is 10.1. The molecule has 18 heavy (non-hydrogen) atoms. The number of carbonyl (C=O) groups is 1. The van der Waals surface area contributed by atoms with Crippen LogP contribution in [0.4, 0.5) is 4.39 Å². The Bertz CT molecular complexity index is 555. The highest BCUT2D eigenvalue weighted by molar-refractivity contribution is 14.1. The molecule has 0 atom stereocenters. The van der Waals surface area contributed by atoms with Gasteiger partial charge in [-0.25, -0.2) is 4.39 Å². The van der Waals surface area contributed by atoms with Crippen molar-refractivity contribution in [3.63, 3.8) is 0 Å². The van der Waals surface area contributed by atoms with Gasteiger partial charge in [-0.1, -0.05) is 30.3 Å². The summed E-state index contributed by atoms with van der Waals surface area (Å²) in [5.74, 6) is -0.00980. The summed E-state index contributed by atoms with van der Waals surface area (Å²) < 4.78 is 19.4. The topological polar surface area (TPSA) is 26.3 Å². The molecule has 2 aromatic rings. The lowest BCUT2D eigenvalue weighted by Crippen LogP contribution is -1.98. The molecule has 0 N–H and O–H groups in total. The monoisotopic (exact) mass is 356 g/mol. The van der Waals surface area contributed by atoms with Gasteiger partial charge in [0.05, 0.1) is 9.13 Å². The van der Waals surface area contributed by atoms with Gasteiger partial charge in [0.1, 0.15) is 18.2 Å². The maximum absolute atomic E-state index is 13.5. The van der Waals surface area contributed by atoms with E-state index in [-0.39, 0.29) is 5.56 Å². The lowest BCUT2D eigenvalue weighted by atomic mass is 10.2. The number of rotatable bonds is 4. The molecule has 4 heteroatoms. The molecule has 0 fully saturated rings. The van der Waals surface area contributed by atoms with Gasteiger partial charge in [-0.05, 0) is 40.3 Å². The lowest BCUT2D eigenvalue weighted by Gasteiger charge is -2.08. The van der Waals surface area contributed by atoms with Crippen LogP contribution < -0.4 is 4.74 Å². The first-order chi connectivity index (χ1) is 8.70. The van der Waals surface area contributed by atoms with Crippen molar-refractivity contribution in [3.05, 3.63) is 63.0 Å². The van der Waals surface area contributed by atoms with E-state index in [1.165, 1.54) is 6.07 Å². The molecule has 0 aromatic heterocycles. The smallest absolute Gasteiger partial charge is 0.153 e. The summed E-state index contributed by atoms with van der Waals surface area (Å²) >= 11 is 1.84. The Kier molecular flexibility index (Phi) is 4.30. The van der Waals surface area contributed by atoms with Gasteiger partial charge in [-0.3, -0.25) is 4.79 Å². The van der Waals surface area contributed by atoms with E-state index in [4.69, 9.17) is 4.74 Å². The maximum Gasteiger partial charge on any atom is 0.153 e. The highest BCUT2D eigenvalue weighted by Crippen LogP contribution is 2.22. The minimum atomic E-state index is -0.502. The van der Waals surface area contributed by atoms with Crippen LogP contribution in [0, 0.1) is 9.39 Å². The first kappa shape index (κ1) is 13.0. The van der Waals surface area contributed by atoms with Crippen molar-refractivity contribution >= 4 is 28.9 Å². The number of carbonyl (C=O) groups excluding carboxylic acids is 1. The van der Waals surface area contributed by atoms with Crippen molar-refractivity contribution in [1.82, 2.24) is 0 Å². The predicted molar refractivity (Wildman–Crippen MR) is 75.3 cm³/mol. The maximum atomic E-state index is 13.5. The van der Waals surface area contributed by atoms with E-state index in [2.05, 4.69) is 0 Å². The standard InChI is InChI=1S/C14H10FIO2/c15-14-11(8-17)6-12(7-13(14)16)18-9-10-4-2-1-3-5-10/h1-8H,9H2. The number of halogens is 2. The number of hydrogen-bond donors (Lipinski definition) is 0. The van der Waals surface area contributed by atoms with E-state index < -0.39 is 5.82 Å². The summed E-state index contributed by atoms with van der Waals surface area (Å²) in [6.45, 7) is 0.390. The molecule has 2 nitrogen and oxygen atoms in total. The molecule has 0 aliphatic rings. The van der Waals surface area contributed by atoms with Gasteiger partial charge < -0.3 is 4.74 Å². The van der Waals surface area contributed by atoms with Crippen LogP contribution in [-0.2, 0) is 6.61 Å². The Balaban J connectivity index is 2.15. The Morgan fingerprint density at radius 1 is 1.22 bits per heavy atom. The van der Waals surface area contributed by atoms with Gasteiger partial charge in [0, 0.05) is 0 Å². The number of ether oxygens (including phenoxy) is 1. The van der Waals surface area contributed by atoms with Crippen LogP contribution in [0.2, 0.25) is 0 Å². The Hall–Kier alpha value is -1.43. The molecule has 0 radical (unpaired) electrons. The number of hydrogen-bond acceptors (Lipinski definition) is 2. The number of benzene rings is 2. The van der Waals surface area contributed by atoms with Gasteiger partial charge in [0.25, 0.3) is 0 Å². The minimum Gasteiger partial charge on any atom is -0.489 e. The van der Waals surface area contributed by atoms with Crippen LogP contribution in [0.1, 0.15) is 15.9 Å². The molecule has 0 heterocycles. The molecule has 0 unspecified atom stereocenters. The summed E-state index contributed by atoms with van der Waals surface area (Å²) in [6.07, 6.45) is 0.493. The van der Waals surface area contributed by atoms with E-state index in [0.29, 0.717) is 22.2 Å². The van der Waals surface area contributed by atoms with Crippen LogP contribution in [0.15, 0.2) is 42.5 Å². The first-order valence-corrected chi connectivity index (χ1v) is 6.39. The third-order valence-corrected chi connectivity index (χ3v) is 3.19. The summed E-state index contributed by atoms with van der Waals surface area (Å²) in [7, 11) is 0. The molecule has 2 aromatic carbocycles. The van der Waals surface area contributed by atoms with Crippen LogP contribution in [0.5, 0.6) is 5.75 Å².